The molecule has 0 spiro atoms. The highest BCUT2D eigenvalue weighted by atomic mass is 35.5. The van der Waals surface area contributed by atoms with Crippen molar-refractivity contribution in [1.29, 1.82) is 0 Å². The van der Waals surface area contributed by atoms with Crippen molar-refractivity contribution in [3.05, 3.63) is 12.2 Å². The Balaban J connectivity index is 4.61. The van der Waals surface area contributed by atoms with Crippen LogP contribution in [0.3, 0.4) is 0 Å². The zero-order valence-corrected chi connectivity index (χ0v) is 6.23. The molecule has 0 rings (SSSR count). The minimum Gasteiger partial charge on any atom is -0.213 e. The minimum atomic E-state index is -4.56. The first kappa shape index (κ1) is 11.0. The Morgan fingerprint density at radius 2 is 1.45 bits per heavy atom. The second kappa shape index (κ2) is 3.15. The smallest absolute Gasteiger partial charge is 0.213 e. The molecule has 0 nitrogen and oxygen atoms in total. The number of alkyl halides is 5. The third-order valence-electron chi connectivity index (χ3n) is 0.668. The van der Waals surface area contributed by atoms with Gasteiger partial charge < -0.3 is 0 Å². The molecule has 0 fully saturated rings. The lowest BCUT2D eigenvalue weighted by Crippen LogP contribution is -2.31. The first-order valence-corrected chi connectivity index (χ1v) is 2.91. The molecular formula is C4HCl2F5. The number of hydrogen-bond donors (Lipinski definition) is 0. The van der Waals surface area contributed by atoms with Crippen LogP contribution in [0.1, 0.15) is 0 Å². The van der Waals surface area contributed by atoms with Crippen molar-refractivity contribution < 1.29 is 22.0 Å². The Bertz CT molecular complexity index is 166. The Labute approximate surface area is 68.6 Å². The van der Waals surface area contributed by atoms with E-state index in [2.05, 4.69) is 23.2 Å². The summed E-state index contributed by atoms with van der Waals surface area (Å²) >= 11 is 8.35. The predicted molar refractivity (Wildman–Crippen MR) is 30.8 cm³/mol. The second-order valence-corrected chi connectivity index (χ2v) is 2.58. The van der Waals surface area contributed by atoms with E-state index in [9.17, 15) is 22.0 Å². The molecule has 1 unspecified atom stereocenters. The summed E-state index contributed by atoms with van der Waals surface area (Å²) in [6.07, 6.45) is -3.43. The summed E-state index contributed by atoms with van der Waals surface area (Å²) in [5.41, 5.74) is 0. The molecule has 0 heterocycles. The van der Waals surface area contributed by atoms with E-state index in [1.54, 1.807) is 0 Å². The summed E-state index contributed by atoms with van der Waals surface area (Å²) in [6.45, 7) is 0. The highest BCUT2D eigenvalue weighted by Gasteiger charge is 2.51. The van der Waals surface area contributed by atoms with Crippen LogP contribution in [0.4, 0.5) is 22.0 Å². The molecule has 0 radical (unpaired) electrons. The van der Waals surface area contributed by atoms with Crippen LogP contribution in [-0.2, 0) is 0 Å². The van der Waals surface area contributed by atoms with Gasteiger partial charge in [0.25, 0.3) is 11.2 Å². The van der Waals surface area contributed by atoms with E-state index in [0.29, 0.717) is 0 Å². The molecule has 0 aromatic carbocycles. The zero-order chi connectivity index (χ0) is 9.28. The summed E-state index contributed by atoms with van der Waals surface area (Å²) in [5.74, 6) is 0. The molecule has 0 aliphatic rings. The van der Waals surface area contributed by atoms with E-state index in [4.69, 9.17) is 0 Å². The molecule has 11 heavy (non-hydrogen) atoms. The first-order chi connectivity index (χ1) is 4.67. The van der Waals surface area contributed by atoms with Gasteiger partial charge >= 0.3 is 5.38 Å². The molecule has 0 aromatic heterocycles. The van der Waals surface area contributed by atoms with Gasteiger partial charge in [-0.3, -0.25) is 0 Å². The van der Waals surface area contributed by atoms with E-state index in [-0.39, 0.29) is 0 Å². The van der Waals surface area contributed by atoms with Gasteiger partial charge in [0.1, 0.15) is 0 Å². The first-order valence-electron chi connectivity index (χ1n) is 2.15. The molecule has 0 bridgehead atoms. The third kappa shape index (κ3) is 3.25. The van der Waals surface area contributed by atoms with Crippen LogP contribution in [0.2, 0.25) is 0 Å². The Morgan fingerprint density at radius 1 is 1.09 bits per heavy atom. The fourth-order valence-corrected chi connectivity index (χ4v) is 0.356. The minimum absolute atomic E-state index is 0.762. The summed E-state index contributed by atoms with van der Waals surface area (Å²) in [4.78, 5) is 0. The number of rotatable bonds is 2. The molecule has 1 atom stereocenters. The van der Waals surface area contributed by atoms with Crippen LogP contribution < -0.4 is 0 Å². The van der Waals surface area contributed by atoms with Gasteiger partial charge in [0, 0.05) is 6.08 Å². The van der Waals surface area contributed by atoms with Gasteiger partial charge in [0.15, 0.2) is 0 Å². The average Bonchev–Trinajstić information content (AvgIpc) is 1.56. The van der Waals surface area contributed by atoms with Gasteiger partial charge in [-0.2, -0.15) is 17.6 Å². The summed E-state index contributed by atoms with van der Waals surface area (Å²) < 4.78 is 58.1. The van der Waals surface area contributed by atoms with E-state index in [1.165, 1.54) is 0 Å². The lowest BCUT2D eigenvalue weighted by Gasteiger charge is -2.17. The molecule has 7 heteroatoms. The van der Waals surface area contributed by atoms with Crippen molar-refractivity contribution in [2.75, 3.05) is 0 Å². The lowest BCUT2D eigenvalue weighted by atomic mass is 10.4. The predicted octanol–water partition coefficient (Wildman–Crippen LogP) is 3.50. The van der Waals surface area contributed by atoms with Crippen molar-refractivity contribution in [2.24, 2.45) is 0 Å². The zero-order valence-electron chi connectivity index (χ0n) is 4.72. The van der Waals surface area contributed by atoms with Crippen LogP contribution >= 0.6 is 23.2 Å². The van der Waals surface area contributed by atoms with Crippen LogP contribution in [0, 0.1) is 0 Å². The number of hydrogen-bond acceptors (Lipinski definition) is 0. The average molecular weight is 215 g/mol. The van der Waals surface area contributed by atoms with E-state index in [0.717, 1.165) is 0 Å². The van der Waals surface area contributed by atoms with E-state index in [1.807, 2.05) is 0 Å². The van der Waals surface area contributed by atoms with Crippen molar-refractivity contribution in [2.45, 2.75) is 10.5 Å². The largest absolute Gasteiger partial charge is 0.372 e. The van der Waals surface area contributed by atoms with Crippen LogP contribution in [0.25, 0.3) is 0 Å². The maximum atomic E-state index is 12.2. The summed E-state index contributed by atoms with van der Waals surface area (Å²) in [7, 11) is 0. The summed E-state index contributed by atoms with van der Waals surface area (Å²) in [6, 6.07) is 0. The molecule has 0 aromatic rings. The second-order valence-electron chi connectivity index (χ2n) is 1.55. The van der Waals surface area contributed by atoms with Crippen molar-refractivity contribution in [3.63, 3.8) is 0 Å². The molecule has 0 amide bonds. The van der Waals surface area contributed by atoms with Gasteiger partial charge in [-0.25, -0.2) is 4.39 Å². The fraction of sp³-hybridized carbons (Fsp3) is 0.500. The summed E-state index contributed by atoms with van der Waals surface area (Å²) in [5, 5.41) is -8.61. The van der Waals surface area contributed by atoms with Crippen molar-refractivity contribution in [3.8, 4) is 0 Å². The maximum absolute atomic E-state index is 12.2. The monoisotopic (exact) mass is 214 g/mol. The third-order valence-corrected chi connectivity index (χ3v) is 1.39. The molecular weight excluding hydrogens is 214 g/mol. The molecule has 66 valence electrons. The van der Waals surface area contributed by atoms with Gasteiger partial charge in [-0.15, -0.1) is 0 Å². The van der Waals surface area contributed by atoms with Crippen LogP contribution in [0.5, 0.6) is 0 Å². The Kier molecular flexibility index (Phi) is 3.14. The molecule has 0 saturated heterocycles. The van der Waals surface area contributed by atoms with Crippen LogP contribution in [-0.4, -0.2) is 10.5 Å². The SMILES string of the molecule is FC(F)=CC(F)(Cl)C(F)(F)Cl. The normalized spacial score (nSPS) is 17.4. The molecule has 0 aliphatic carbocycles. The highest BCUT2D eigenvalue weighted by molar-refractivity contribution is 6.33. The van der Waals surface area contributed by atoms with Crippen molar-refractivity contribution >= 4 is 23.2 Å². The number of allylic oxidation sites excluding steroid dienone is 1. The van der Waals surface area contributed by atoms with E-state index < -0.39 is 22.7 Å². The van der Waals surface area contributed by atoms with Gasteiger partial charge in [0.05, 0.1) is 0 Å². The standard InChI is InChI=1S/C4HCl2F5/c5-3(9,1-2(7)8)4(6,10)11/h1H. The highest BCUT2D eigenvalue weighted by Crippen LogP contribution is 2.41. The maximum Gasteiger partial charge on any atom is 0.372 e. The quantitative estimate of drug-likeness (QED) is 0.488. The van der Waals surface area contributed by atoms with Gasteiger partial charge in [0.2, 0.25) is 0 Å². The van der Waals surface area contributed by atoms with E-state index >= 15 is 0 Å². The number of halogens is 7. The van der Waals surface area contributed by atoms with Gasteiger partial charge in [-0.1, -0.05) is 11.6 Å². The topological polar surface area (TPSA) is 0 Å². The Hall–Kier alpha value is -0.0300. The Morgan fingerprint density at radius 3 is 1.55 bits per heavy atom. The molecule has 0 saturated carbocycles. The van der Waals surface area contributed by atoms with Crippen LogP contribution in [0.15, 0.2) is 12.2 Å². The fourth-order valence-electron chi connectivity index (χ4n) is 0.219. The molecule has 0 aliphatic heterocycles. The molecule has 0 N–H and O–H groups in total. The van der Waals surface area contributed by atoms with Crippen molar-refractivity contribution in [1.82, 2.24) is 0 Å². The van der Waals surface area contributed by atoms with Gasteiger partial charge in [-0.05, 0) is 11.6 Å². The lowest BCUT2D eigenvalue weighted by molar-refractivity contribution is 0.00436.